The van der Waals surface area contributed by atoms with Crippen molar-refractivity contribution >= 4 is 51.0 Å². The summed E-state index contributed by atoms with van der Waals surface area (Å²) in [6.45, 7) is 4.07. The molecule has 0 saturated carbocycles. The van der Waals surface area contributed by atoms with Gasteiger partial charge >= 0.3 is 0 Å². The Balaban J connectivity index is 1.67. The van der Waals surface area contributed by atoms with Gasteiger partial charge in [-0.3, -0.25) is 0 Å². The Kier molecular flexibility index (Phi) is 6.83. The lowest BCUT2D eigenvalue weighted by Crippen LogP contribution is -1.86. The van der Waals surface area contributed by atoms with Crippen LogP contribution in [0, 0.1) is 13.8 Å². The van der Waals surface area contributed by atoms with Crippen molar-refractivity contribution in [1.29, 1.82) is 0 Å². The molecule has 0 atom stereocenters. The van der Waals surface area contributed by atoms with Crippen molar-refractivity contribution in [2.45, 2.75) is 19.6 Å². The monoisotopic (exact) mass is 457 g/mol. The van der Waals surface area contributed by atoms with Crippen LogP contribution in [0.3, 0.4) is 0 Å². The number of azo groups is 1. The van der Waals surface area contributed by atoms with Crippen molar-refractivity contribution in [2.75, 3.05) is 0 Å². The van der Waals surface area contributed by atoms with Gasteiger partial charge in [0.25, 0.3) is 0 Å². The van der Waals surface area contributed by atoms with E-state index in [1.54, 1.807) is 0 Å². The summed E-state index contributed by atoms with van der Waals surface area (Å²) in [7, 11) is 0. The molecule has 1 heterocycles. The molecule has 4 rings (SSSR count). The molecule has 0 saturated heterocycles. The number of hydrogen-bond acceptors (Lipinski definition) is 4. The normalized spacial score (nSPS) is 12.0. The highest BCUT2D eigenvalue weighted by Crippen LogP contribution is 2.34. The summed E-state index contributed by atoms with van der Waals surface area (Å²) in [6, 6.07) is 24.1. The third-order valence-electron chi connectivity index (χ3n) is 5.06. The van der Waals surface area contributed by atoms with E-state index in [1.807, 2.05) is 68.5 Å². The molecule has 4 aromatic rings. The van der Waals surface area contributed by atoms with Crippen LogP contribution in [0.2, 0.25) is 0 Å². The van der Waals surface area contributed by atoms with Gasteiger partial charge in [-0.2, -0.15) is 0 Å². The highest BCUT2D eigenvalue weighted by Gasteiger charge is 2.13. The minimum Gasteiger partial charge on any atom is -0.494 e. The van der Waals surface area contributed by atoms with Gasteiger partial charge in [-0.15, -0.1) is 10.2 Å². The molecule has 0 radical (unpaired) electrons. The number of aryl methyl sites for hydroxylation is 2. The smallest absolute Gasteiger partial charge is 0.196 e. The lowest BCUT2D eigenvalue weighted by atomic mass is 10.0. The van der Waals surface area contributed by atoms with Gasteiger partial charge < -0.3 is 10.1 Å². The molecule has 4 nitrogen and oxygen atoms in total. The number of benzene rings is 3. The van der Waals surface area contributed by atoms with E-state index in [4.69, 9.17) is 12.2 Å². The van der Waals surface area contributed by atoms with Gasteiger partial charge in [-0.25, -0.2) is 0 Å². The molecule has 0 aliphatic carbocycles. The molecule has 0 bridgehead atoms. The van der Waals surface area contributed by atoms with E-state index >= 15 is 0 Å². The Morgan fingerprint density at radius 2 is 1.69 bits per heavy atom. The van der Waals surface area contributed by atoms with Crippen molar-refractivity contribution in [1.82, 2.24) is 4.98 Å². The van der Waals surface area contributed by atoms with E-state index in [-0.39, 0.29) is 5.88 Å². The van der Waals surface area contributed by atoms with E-state index in [9.17, 15) is 5.11 Å². The first-order valence-electron chi connectivity index (χ1n) is 10.2. The first-order valence-corrected chi connectivity index (χ1v) is 11.6. The van der Waals surface area contributed by atoms with Crippen LogP contribution in [0.25, 0.3) is 22.7 Å². The molecule has 0 aliphatic rings. The fourth-order valence-corrected chi connectivity index (χ4v) is 4.36. The summed E-state index contributed by atoms with van der Waals surface area (Å²) < 4.78 is 0.463. The van der Waals surface area contributed by atoms with Crippen LogP contribution in [0.1, 0.15) is 27.8 Å². The molecule has 32 heavy (non-hydrogen) atoms. The molecule has 0 spiro atoms. The number of hydrogen-bond donors (Lipinski definition) is 2. The Hall–Kier alpha value is -3.22. The largest absolute Gasteiger partial charge is 0.494 e. The summed E-state index contributed by atoms with van der Waals surface area (Å²) in [5.41, 5.74) is 6.52. The molecule has 0 unspecified atom stereocenters. The number of nitrogens with one attached hydrogen (secondary N) is 1. The topological polar surface area (TPSA) is 60.7 Å². The zero-order valence-corrected chi connectivity index (χ0v) is 19.5. The molecule has 0 aliphatic heterocycles. The van der Waals surface area contributed by atoms with Crippen molar-refractivity contribution < 1.29 is 5.11 Å². The third-order valence-corrected chi connectivity index (χ3v) is 6.31. The van der Waals surface area contributed by atoms with Crippen LogP contribution >= 0.6 is 24.0 Å². The van der Waals surface area contributed by atoms with Gasteiger partial charge in [0.15, 0.2) is 10.2 Å². The molecule has 3 aromatic carbocycles. The van der Waals surface area contributed by atoms with E-state index in [1.165, 1.54) is 17.3 Å². The number of thioether (sulfide) groups is 1. The zero-order chi connectivity index (χ0) is 22.5. The first kappa shape index (κ1) is 22.0. The lowest BCUT2D eigenvalue weighted by molar-refractivity contribution is 0.457. The predicted molar refractivity (Wildman–Crippen MR) is 139 cm³/mol. The molecule has 6 heteroatoms. The molecule has 160 valence electrons. The number of aromatic hydroxyl groups is 1. The van der Waals surface area contributed by atoms with Gasteiger partial charge in [-0.05, 0) is 49.3 Å². The quantitative estimate of drug-likeness (QED) is 0.239. The summed E-state index contributed by atoms with van der Waals surface area (Å²) in [5.74, 6) is 0.851. The molecular weight excluding hydrogens is 434 g/mol. The number of nitrogens with zero attached hydrogens (tertiary/aromatic N) is 2. The standard InChI is InChI=1S/C26H23N3OS2/c1-17-13-18(2)24-21(14-17)22(25(30)27-24)15-23(20-11-7-4-8-12-20)28-29-26(31)32-16-19-9-5-3-6-10-19/h3-15,27,30H,16H2,1-2H3/b23-15+,29-28?. The predicted octanol–water partition coefficient (Wildman–Crippen LogP) is 7.66. The van der Waals surface area contributed by atoms with Gasteiger partial charge in [0, 0.05) is 22.3 Å². The minimum absolute atomic E-state index is 0.110. The summed E-state index contributed by atoms with van der Waals surface area (Å²) >= 11 is 6.90. The summed E-state index contributed by atoms with van der Waals surface area (Å²) in [6.07, 6.45) is 1.86. The van der Waals surface area contributed by atoms with Crippen molar-refractivity contribution in [3.05, 3.63) is 101 Å². The molecular formula is C26H23N3OS2. The van der Waals surface area contributed by atoms with Gasteiger partial charge in [0.2, 0.25) is 0 Å². The van der Waals surface area contributed by atoms with Gasteiger partial charge in [0.1, 0.15) is 0 Å². The lowest BCUT2D eigenvalue weighted by Gasteiger charge is -2.04. The highest BCUT2D eigenvalue weighted by atomic mass is 32.2. The Morgan fingerprint density at radius 3 is 2.41 bits per heavy atom. The highest BCUT2D eigenvalue weighted by molar-refractivity contribution is 8.22. The first-order chi connectivity index (χ1) is 15.5. The number of aromatic amines is 1. The van der Waals surface area contributed by atoms with Crippen LogP contribution in [0.4, 0.5) is 0 Å². The van der Waals surface area contributed by atoms with Gasteiger partial charge in [0.05, 0.1) is 11.2 Å². The van der Waals surface area contributed by atoms with Crippen LogP contribution in [-0.2, 0) is 5.75 Å². The maximum Gasteiger partial charge on any atom is 0.196 e. The molecule has 0 amide bonds. The second-order valence-electron chi connectivity index (χ2n) is 7.53. The van der Waals surface area contributed by atoms with Crippen LogP contribution in [0.15, 0.2) is 83.0 Å². The van der Waals surface area contributed by atoms with Gasteiger partial charge in [-0.1, -0.05) is 84.1 Å². The Labute approximate surface area is 197 Å². The maximum atomic E-state index is 10.6. The summed E-state index contributed by atoms with van der Waals surface area (Å²) in [5, 5.41) is 20.4. The number of rotatable bonds is 5. The molecule has 1 aromatic heterocycles. The van der Waals surface area contributed by atoms with Crippen LogP contribution < -0.4 is 0 Å². The fourth-order valence-electron chi connectivity index (χ4n) is 3.56. The van der Waals surface area contributed by atoms with E-state index in [0.717, 1.165) is 33.3 Å². The zero-order valence-electron chi connectivity index (χ0n) is 17.9. The molecule has 2 N–H and O–H groups in total. The third kappa shape index (κ3) is 5.15. The number of thiocarbonyl (C=S) groups is 1. The van der Waals surface area contributed by atoms with E-state index in [2.05, 4.69) is 39.5 Å². The van der Waals surface area contributed by atoms with Crippen molar-refractivity contribution in [3.63, 3.8) is 0 Å². The fraction of sp³-hybridized carbons (Fsp3) is 0.115. The van der Waals surface area contributed by atoms with Crippen LogP contribution in [-0.4, -0.2) is 14.4 Å². The maximum absolute atomic E-state index is 10.6. The van der Waals surface area contributed by atoms with Crippen LogP contribution in [0.5, 0.6) is 5.88 Å². The van der Waals surface area contributed by atoms with E-state index < -0.39 is 0 Å². The average Bonchev–Trinajstić information content (AvgIpc) is 3.11. The number of fused-ring (bicyclic) bond motifs is 1. The Morgan fingerprint density at radius 1 is 1.00 bits per heavy atom. The SMILES string of the molecule is Cc1cc(C)c2[nH]c(O)c(/C=C(/N=NC(=S)SCc3ccccc3)c3ccccc3)c2c1. The number of aromatic nitrogens is 1. The average molecular weight is 458 g/mol. The second-order valence-corrected chi connectivity index (χ2v) is 9.14. The van der Waals surface area contributed by atoms with E-state index in [0.29, 0.717) is 15.6 Å². The van der Waals surface area contributed by atoms with Crippen molar-refractivity contribution in [3.8, 4) is 5.88 Å². The minimum atomic E-state index is 0.110. The second kappa shape index (κ2) is 9.94. The summed E-state index contributed by atoms with van der Waals surface area (Å²) in [4.78, 5) is 3.09. The Bertz CT molecular complexity index is 1310. The number of H-pyrrole nitrogens is 1. The van der Waals surface area contributed by atoms with Crippen molar-refractivity contribution in [2.24, 2.45) is 10.2 Å². The molecule has 0 fully saturated rings.